The third-order valence-corrected chi connectivity index (χ3v) is 9.05. The van der Waals surface area contributed by atoms with Crippen molar-refractivity contribution in [3.8, 4) is 0 Å². The molecule has 1 heterocycles. The summed E-state index contributed by atoms with van der Waals surface area (Å²) in [6.45, 7) is 0. The van der Waals surface area contributed by atoms with Gasteiger partial charge in [0.2, 0.25) is 0 Å². The molecule has 2 aliphatic carbocycles. The molecule has 2 fully saturated rings. The van der Waals surface area contributed by atoms with Crippen molar-refractivity contribution in [2.45, 2.75) is 95.6 Å². The average molecular weight is 381 g/mol. The second kappa shape index (κ2) is 7.64. The Morgan fingerprint density at radius 2 is 0.923 bits per heavy atom. The molecule has 0 spiro atoms. The van der Waals surface area contributed by atoms with Crippen molar-refractivity contribution < 1.29 is 0 Å². The van der Waals surface area contributed by atoms with E-state index < -0.39 is 0 Å². The van der Waals surface area contributed by atoms with Crippen molar-refractivity contribution in [1.82, 2.24) is 0 Å². The zero-order valence-corrected chi connectivity index (χ0v) is 17.1. The first-order valence-corrected chi connectivity index (χ1v) is 12.1. The van der Waals surface area contributed by atoms with Gasteiger partial charge in [0.25, 0.3) is 0 Å². The van der Waals surface area contributed by atoms with Gasteiger partial charge in [-0.3, -0.25) is 0 Å². The molecule has 0 bridgehead atoms. The summed E-state index contributed by atoms with van der Waals surface area (Å²) in [6, 6.07) is 14.6. The van der Waals surface area contributed by atoms with Crippen LogP contribution in [0.4, 0.5) is 0 Å². The molecule has 26 heavy (non-hydrogen) atoms. The SMILES string of the molecule is c1cc2c(cc1C1CCCCC1)Sc1cc(C3CCCCC3)ccc1S2. The van der Waals surface area contributed by atoms with Gasteiger partial charge in [-0.15, -0.1) is 0 Å². The molecule has 0 unspecified atom stereocenters. The van der Waals surface area contributed by atoms with Gasteiger partial charge in [0.15, 0.2) is 0 Å². The molecule has 0 amide bonds. The lowest BCUT2D eigenvalue weighted by Gasteiger charge is -2.26. The van der Waals surface area contributed by atoms with E-state index >= 15 is 0 Å². The van der Waals surface area contributed by atoms with Gasteiger partial charge in [-0.2, -0.15) is 0 Å². The predicted molar refractivity (Wildman–Crippen MR) is 113 cm³/mol. The second-order valence-electron chi connectivity index (χ2n) is 8.29. The van der Waals surface area contributed by atoms with Crippen LogP contribution in [0.2, 0.25) is 0 Å². The minimum absolute atomic E-state index is 0.801. The molecule has 136 valence electrons. The van der Waals surface area contributed by atoms with Crippen molar-refractivity contribution in [3.05, 3.63) is 47.5 Å². The first kappa shape index (κ1) is 17.3. The van der Waals surface area contributed by atoms with Crippen molar-refractivity contribution in [2.75, 3.05) is 0 Å². The summed E-state index contributed by atoms with van der Waals surface area (Å²) in [5.74, 6) is 1.60. The normalized spacial score (nSPS) is 21.2. The summed E-state index contributed by atoms with van der Waals surface area (Å²) in [4.78, 5) is 5.89. The minimum atomic E-state index is 0.801. The molecule has 0 radical (unpaired) electrons. The van der Waals surface area contributed by atoms with Crippen LogP contribution in [0.5, 0.6) is 0 Å². The zero-order valence-electron chi connectivity index (χ0n) is 15.5. The standard InChI is InChI=1S/C24H28S2/c1-3-7-17(8-4-1)19-11-13-21-23(15-19)26-24-16-20(12-14-22(24)25-21)18-9-5-2-6-10-18/h11-18H,1-10H2. The maximum absolute atomic E-state index is 2.51. The van der Waals surface area contributed by atoms with Gasteiger partial charge in [0, 0.05) is 19.6 Å². The molecule has 0 nitrogen and oxygen atoms in total. The third-order valence-electron chi connectivity index (χ3n) is 6.53. The fourth-order valence-corrected chi connectivity index (χ4v) is 7.29. The summed E-state index contributed by atoms with van der Waals surface area (Å²) in [7, 11) is 0. The third kappa shape index (κ3) is 3.47. The summed E-state index contributed by atoms with van der Waals surface area (Å²) in [6.07, 6.45) is 14.1. The van der Waals surface area contributed by atoms with Gasteiger partial charge in [0.05, 0.1) is 0 Å². The fraction of sp³-hybridized carbons (Fsp3) is 0.500. The van der Waals surface area contributed by atoms with E-state index in [9.17, 15) is 0 Å². The summed E-state index contributed by atoms with van der Waals surface area (Å²) < 4.78 is 0. The van der Waals surface area contributed by atoms with Crippen LogP contribution in [0, 0.1) is 0 Å². The molecule has 0 atom stereocenters. The van der Waals surface area contributed by atoms with Gasteiger partial charge in [-0.1, -0.05) is 74.2 Å². The second-order valence-corrected chi connectivity index (χ2v) is 10.5. The van der Waals surface area contributed by atoms with Gasteiger partial charge in [-0.05, 0) is 72.9 Å². The van der Waals surface area contributed by atoms with E-state index in [1.165, 1.54) is 83.8 Å². The maximum atomic E-state index is 2.51. The highest BCUT2D eigenvalue weighted by Gasteiger charge is 2.23. The predicted octanol–water partition coefficient (Wildman–Crippen LogP) is 8.40. The van der Waals surface area contributed by atoms with Crippen LogP contribution in [0.25, 0.3) is 0 Å². The van der Waals surface area contributed by atoms with Crippen LogP contribution in [0.15, 0.2) is 56.0 Å². The van der Waals surface area contributed by atoms with E-state index in [2.05, 4.69) is 36.4 Å². The number of benzene rings is 2. The van der Waals surface area contributed by atoms with Gasteiger partial charge in [-0.25, -0.2) is 0 Å². The van der Waals surface area contributed by atoms with Gasteiger partial charge in [0.1, 0.15) is 0 Å². The van der Waals surface area contributed by atoms with E-state index in [0.29, 0.717) is 0 Å². The molecule has 0 aromatic heterocycles. The lowest BCUT2D eigenvalue weighted by Crippen LogP contribution is -2.06. The number of rotatable bonds is 2. The molecular weight excluding hydrogens is 352 g/mol. The quantitative estimate of drug-likeness (QED) is 0.437. The van der Waals surface area contributed by atoms with Crippen LogP contribution in [0.3, 0.4) is 0 Å². The largest absolute Gasteiger partial charge is 0.0877 e. The Balaban J connectivity index is 1.40. The van der Waals surface area contributed by atoms with Crippen molar-refractivity contribution in [3.63, 3.8) is 0 Å². The molecule has 2 aromatic rings. The fourth-order valence-electron chi connectivity index (χ4n) is 4.99. The Hall–Kier alpha value is -0.860. The number of hydrogen-bond donors (Lipinski definition) is 0. The van der Waals surface area contributed by atoms with E-state index in [1.54, 1.807) is 11.1 Å². The molecule has 0 N–H and O–H groups in total. The molecule has 2 heteroatoms. The summed E-state index contributed by atoms with van der Waals surface area (Å²) >= 11 is 3.99. The first-order valence-electron chi connectivity index (χ1n) is 10.5. The van der Waals surface area contributed by atoms with E-state index in [0.717, 1.165) is 11.8 Å². The average Bonchev–Trinajstić information content (AvgIpc) is 2.73. The molecule has 1 aliphatic heterocycles. The smallest absolute Gasteiger partial charge is 0.0265 e. The Morgan fingerprint density at radius 1 is 0.500 bits per heavy atom. The Kier molecular flexibility index (Phi) is 5.07. The molecular formula is C24H28S2. The van der Waals surface area contributed by atoms with Crippen molar-refractivity contribution in [1.29, 1.82) is 0 Å². The van der Waals surface area contributed by atoms with E-state index in [-0.39, 0.29) is 0 Å². The Morgan fingerprint density at radius 3 is 1.38 bits per heavy atom. The monoisotopic (exact) mass is 380 g/mol. The Bertz CT molecular complexity index is 717. The molecule has 2 aromatic carbocycles. The lowest BCUT2D eigenvalue weighted by atomic mass is 9.84. The summed E-state index contributed by atoms with van der Waals surface area (Å²) in [5, 5.41) is 0. The lowest BCUT2D eigenvalue weighted by molar-refractivity contribution is 0.443. The number of hydrogen-bond acceptors (Lipinski definition) is 2. The van der Waals surface area contributed by atoms with Gasteiger partial charge < -0.3 is 0 Å². The van der Waals surface area contributed by atoms with Crippen LogP contribution >= 0.6 is 23.5 Å². The molecule has 5 rings (SSSR count). The highest BCUT2D eigenvalue weighted by Crippen LogP contribution is 2.50. The van der Waals surface area contributed by atoms with Crippen molar-refractivity contribution in [2.24, 2.45) is 0 Å². The number of fused-ring (bicyclic) bond motifs is 2. The van der Waals surface area contributed by atoms with Crippen molar-refractivity contribution >= 4 is 23.5 Å². The zero-order chi connectivity index (χ0) is 17.3. The highest BCUT2D eigenvalue weighted by atomic mass is 32.2. The first-order chi connectivity index (χ1) is 12.9. The molecule has 2 saturated carbocycles. The van der Waals surface area contributed by atoms with Crippen LogP contribution in [-0.4, -0.2) is 0 Å². The Labute approximate surface area is 166 Å². The molecule has 0 saturated heterocycles. The topological polar surface area (TPSA) is 0 Å². The van der Waals surface area contributed by atoms with E-state index in [4.69, 9.17) is 0 Å². The summed E-state index contributed by atoms with van der Waals surface area (Å²) in [5.41, 5.74) is 3.17. The van der Waals surface area contributed by atoms with Crippen LogP contribution in [0.1, 0.15) is 87.2 Å². The van der Waals surface area contributed by atoms with E-state index in [1.807, 2.05) is 23.5 Å². The maximum Gasteiger partial charge on any atom is 0.0265 e. The minimum Gasteiger partial charge on any atom is -0.0877 e. The van der Waals surface area contributed by atoms with Crippen LogP contribution < -0.4 is 0 Å². The highest BCUT2D eigenvalue weighted by molar-refractivity contribution is 8.05. The van der Waals surface area contributed by atoms with Crippen LogP contribution in [-0.2, 0) is 0 Å². The molecule has 3 aliphatic rings. The van der Waals surface area contributed by atoms with Gasteiger partial charge >= 0.3 is 0 Å².